The van der Waals surface area contributed by atoms with E-state index in [1.807, 2.05) is 0 Å². The van der Waals surface area contributed by atoms with Crippen molar-refractivity contribution in [2.24, 2.45) is 0 Å². The molecule has 1 unspecified atom stereocenters. The van der Waals surface area contributed by atoms with Gasteiger partial charge in [0.2, 0.25) is 0 Å². The Morgan fingerprint density at radius 3 is 1.19 bits per heavy atom. The third-order valence-corrected chi connectivity index (χ3v) is 10.3. The number of ether oxygens (including phenoxy) is 3. The lowest BCUT2D eigenvalue weighted by atomic mass is 10.1. The summed E-state index contributed by atoms with van der Waals surface area (Å²) in [7, 11) is 0. The molecule has 1 atom stereocenters. The molecular weight excluding hydrogens is 793 g/mol. The van der Waals surface area contributed by atoms with E-state index >= 15 is 0 Å². The van der Waals surface area contributed by atoms with Gasteiger partial charge in [0.05, 0.1) is 0 Å². The van der Waals surface area contributed by atoms with Crippen LogP contribution >= 0.6 is 0 Å². The number of unbranched alkanes of at least 4 members (excludes halogenated alkanes) is 16. The Labute approximate surface area is 392 Å². The van der Waals surface area contributed by atoms with Crippen molar-refractivity contribution in [2.75, 3.05) is 13.2 Å². The molecule has 6 nitrogen and oxygen atoms in total. The maximum Gasteiger partial charge on any atom is 0.306 e. The normalized spacial score (nSPS) is 13.1. The lowest BCUT2D eigenvalue weighted by Gasteiger charge is -2.18. The number of hydrogen-bond donors (Lipinski definition) is 0. The summed E-state index contributed by atoms with van der Waals surface area (Å²) in [5.74, 6) is -1.04. The van der Waals surface area contributed by atoms with Crippen LogP contribution in [0, 0.1) is 0 Å². The molecule has 0 radical (unpaired) electrons. The van der Waals surface area contributed by atoms with Gasteiger partial charge < -0.3 is 14.2 Å². The van der Waals surface area contributed by atoms with E-state index in [0.29, 0.717) is 19.3 Å². The van der Waals surface area contributed by atoms with Crippen LogP contribution in [-0.2, 0) is 28.6 Å². The predicted molar refractivity (Wildman–Crippen MR) is 274 cm³/mol. The average molecular weight is 885 g/mol. The number of carbonyl (C=O) groups is 3. The predicted octanol–water partition coefficient (Wildman–Crippen LogP) is 16.9. The average Bonchev–Trinajstić information content (AvgIpc) is 3.29. The Hall–Kier alpha value is -4.19. The minimum absolute atomic E-state index is 0.124. The lowest BCUT2D eigenvalue weighted by molar-refractivity contribution is -0.167. The van der Waals surface area contributed by atoms with Crippen molar-refractivity contribution >= 4 is 17.9 Å². The zero-order valence-electron chi connectivity index (χ0n) is 41.0. The molecule has 0 amide bonds. The molecule has 0 heterocycles. The molecule has 6 heteroatoms. The summed E-state index contributed by atoms with van der Waals surface area (Å²) in [6.45, 7) is 6.34. The highest BCUT2D eigenvalue weighted by Crippen LogP contribution is 2.11. The van der Waals surface area contributed by atoms with Gasteiger partial charge in [-0.15, -0.1) is 0 Å². The van der Waals surface area contributed by atoms with Gasteiger partial charge in [-0.05, 0) is 103 Å². The molecular formula is C58H92O6. The van der Waals surface area contributed by atoms with Gasteiger partial charge in [0.1, 0.15) is 13.2 Å². The number of hydrogen-bond acceptors (Lipinski definition) is 6. The van der Waals surface area contributed by atoms with Crippen molar-refractivity contribution in [1.29, 1.82) is 0 Å². The summed E-state index contributed by atoms with van der Waals surface area (Å²) in [5, 5.41) is 0. The summed E-state index contributed by atoms with van der Waals surface area (Å²) in [4.78, 5) is 37.9. The van der Waals surface area contributed by atoms with Crippen molar-refractivity contribution in [2.45, 2.75) is 213 Å². The van der Waals surface area contributed by atoms with E-state index in [4.69, 9.17) is 14.2 Å². The van der Waals surface area contributed by atoms with E-state index in [2.05, 4.69) is 142 Å². The smallest absolute Gasteiger partial charge is 0.306 e. The van der Waals surface area contributed by atoms with E-state index in [9.17, 15) is 14.4 Å². The van der Waals surface area contributed by atoms with Gasteiger partial charge in [-0.2, -0.15) is 0 Å². The number of carbonyl (C=O) groups excluding carboxylic acids is 3. The standard InChI is InChI=1S/C58H92O6/c1-4-7-10-13-16-19-22-24-26-28-30-31-33-36-39-42-45-48-51-57(60)63-54-55(53-62-56(59)50-47-44-41-38-35-21-18-15-12-9-6-3)64-58(61)52-49-46-43-40-37-34-32-29-27-25-23-20-17-14-11-8-5-2/h8,11,15,17-18,20-22,24-28,30-32,34-35,40,43,55H,4-7,9-10,12-14,16,19,23,29,33,36-39,41-42,44-54H2,1-3H3/b11-8-,18-15-,20-17-,24-22-,27-25-,28-26-,31-30-,34-32-,35-21-,43-40-. The van der Waals surface area contributed by atoms with Crippen molar-refractivity contribution in [3.63, 3.8) is 0 Å². The highest BCUT2D eigenvalue weighted by Gasteiger charge is 2.19. The number of esters is 3. The van der Waals surface area contributed by atoms with Crippen LogP contribution in [0.15, 0.2) is 122 Å². The van der Waals surface area contributed by atoms with Crippen molar-refractivity contribution < 1.29 is 28.6 Å². The van der Waals surface area contributed by atoms with Gasteiger partial charge in [0, 0.05) is 19.3 Å². The molecule has 0 bridgehead atoms. The molecule has 0 aromatic rings. The first kappa shape index (κ1) is 59.8. The Balaban J connectivity index is 4.55. The molecule has 0 fully saturated rings. The second-order valence-electron chi connectivity index (χ2n) is 16.4. The monoisotopic (exact) mass is 885 g/mol. The largest absolute Gasteiger partial charge is 0.462 e. The van der Waals surface area contributed by atoms with Crippen LogP contribution in [0.3, 0.4) is 0 Å². The molecule has 0 aliphatic rings. The maximum absolute atomic E-state index is 12.8. The zero-order valence-corrected chi connectivity index (χ0v) is 41.0. The number of rotatable bonds is 44. The Kier molecular flexibility index (Phi) is 48.1. The van der Waals surface area contributed by atoms with Gasteiger partial charge in [-0.3, -0.25) is 14.4 Å². The Morgan fingerprint density at radius 2 is 0.703 bits per heavy atom. The first-order valence-electron chi connectivity index (χ1n) is 25.6. The maximum atomic E-state index is 12.8. The lowest BCUT2D eigenvalue weighted by Crippen LogP contribution is -2.30. The minimum Gasteiger partial charge on any atom is -0.462 e. The molecule has 64 heavy (non-hydrogen) atoms. The number of allylic oxidation sites excluding steroid dienone is 20. The van der Waals surface area contributed by atoms with Crippen LogP contribution < -0.4 is 0 Å². The molecule has 0 N–H and O–H groups in total. The van der Waals surface area contributed by atoms with Crippen molar-refractivity contribution in [1.82, 2.24) is 0 Å². The molecule has 0 saturated carbocycles. The van der Waals surface area contributed by atoms with Gasteiger partial charge in [0.15, 0.2) is 6.10 Å². The summed E-state index contributed by atoms with van der Waals surface area (Å²) in [6.07, 6.45) is 70.4. The molecule has 0 spiro atoms. The van der Waals surface area contributed by atoms with Gasteiger partial charge in [-0.1, -0.05) is 206 Å². The van der Waals surface area contributed by atoms with Crippen LogP contribution in [0.2, 0.25) is 0 Å². The second kappa shape index (κ2) is 51.4. The Bertz CT molecular complexity index is 1390. The van der Waals surface area contributed by atoms with Crippen LogP contribution in [0.5, 0.6) is 0 Å². The molecule has 360 valence electrons. The third kappa shape index (κ3) is 48.8. The van der Waals surface area contributed by atoms with E-state index in [0.717, 1.165) is 116 Å². The molecule has 0 saturated heterocycles. The van der Waals surface area contributed by atoms with Crippen LogP contribution in [0.4, 0.5) is 0 Å². The van der Waals surface area contributed by atoms with E-state index in [1.54, 1.807) is 0 Å². The van der Waals surface area contributed by atoms with E-state index in [-0.39, 0.29) is 37.5 Å². The summed E-state index contributed by atoms with van der Waals surface area (Å²) in [6, 6.07) is 0. The van der Waals surface area contributed by atoms with Crippen molar-refractivity contribution in [3.05, 3.63) is 122 Å². The fraction of sp³-hybridized carbons (Fsp3) is 0.603. The molecule has 0 aromatic carbocycles. The van der Waals surface area contributed by atoms with E-state index in [1.165, 1.54) is 44.9 Å². The van der Waals surface area contributed by atoms with Crippen LogP contribution in [0.1, 0.15) is 207 Å². The first-order valence-corrected chi connectivity index (χ1v) is 25.6. The molecule has 0 rings (SSSR count). The summed E-state index contributed by atoms with van der Waals surface area (Å²) >= 11 is 0. The van der Waals surface area contributed by atoms with Gasteiger partial charge >= 0.3 is 17.9 Å². The third-order valence-electron chi connectivity index (χ3n) is 10.3. The summed E-state index contributed by atoms with van der Waals surface area (Å²) in [5.41, 5.74) is 0. The quantitative estimate of drug-likeness (QED) is 0.0199. The van der Waals surface area contributed by atoms with Crippen LogP contribution in [0.25, 0.3) is 0 Å². The highest BCUT2D eigenvalue weighted by molar-refractivity contribution is 5.71. The summed E-state index contributed by atoms with van der Waals surface area (Å²) < 4.78 is 16.7. The topological polar surface area (TPSA) is 78.9 Å². The van der Waals surface area contributed by atoms with Gasteiger partial charge in [-0.25, -0.2) is 0 Å². The van der Waals surface area contributed by atoms with Gasteiger partial charge in [0.25, 0.3) is 0 Å². The first-order chi connectivity index (χ1) is 31.5. The molecule has 0 aliphatic carbocycles. The van der Waals surface area contributed by atoms with Crippen LogP contribution in [-0.4, -0.2) is 37.2 Å². The SMILES string of the molecule is CC/C=C\C/C=C\C/C=C\C/C=C\C/C=C\CCCC(=O)OC(COC(=O)CCCCC/C=C\C=C/CCCC)COC(=O)CCCCCCC\C=C/C=C\C=C/CCCCCCC. The second-order valence-corrected chi connectivity index (χ2v) is 16.4. The fourth-order valence-electron chi connectivity index (χ4n) is 6.40. The van der Waals surface area contributed by atoms with E-state index < -0.39 is 6.10 Å². The Morgan fingerprint density at radius 1 is 0.344 bits per heavy atom. The fourth-order valence-corrected chi connectivity index (χ4v) is 6.40. The van der Waals surface area contributed by atoms with Crippen molar-refractivity contribution in [3.8, 4) is 0 Å². The molecule has 0 aromatic heterocycles. The highest BCUT2D eigenvalue weighted by atomic mass is 16.6. The zero-order chi connectivity index (χ0) is 46.5. The minimum atomic E-state index is -0.830. The molecule has 0 aliphatic heterocycles.